The number of thiazole rings is 1. The molecule has 0 amide bonds. The number of pyridine rings is 1. The summed E-state index contributed by atoms with van der Waals surface area (Å²) in [7, 11) is 1.89. The quantitative estimate of drug-likeness (QED) is 0.553. The molecule has 0 saturated carbocycles. The van der Waals surface area contributed by atoms with E-state index in [1.54, 1.807) is 11.3 Å². The zero-order valence-electron chi connectivity index (χ0n) is 11.8. The van der Waals surface area contributed by atoms with Gasteiger partial charge >= 0.3 is 0 Å². The van der Waals surface area contributed by atoms with Crippen LogP contribution in [0.2, 0.25) is 0 Å². The molecule has 5 nitrogen and oxygen atoms in total. The molecule has 0 aliphatic rings. The van der Waals surface area contributed by atoms with Crippen LogP contribution in [0.3, 0.4) is 0 Å². The molecule has 0 bridgehead atoms. The van der Waals surface area contributed by atoms with Crippen LogP contribution in [-0.2, 0) is 0 Å². The predicted molar refractivity (Wildman–Crippen MR) is 93.8 cm³/mol. The van der Waals surface area contributed by atoms with Crippen molar-refractivity contribution in [3.8, 4) is 0 Å². The van der Waals surface area contributed by atoms with Crippen LogP contribution < -0.4 is 10.0 Å². The maximum Gasteiger partial charge on any atom is 0.183 e. The molecular weight excluding hydrogens is 314 g/mol. The Morgan fingerprint density at radius 3 is 3.00 bits per heavy atom. The Bertz CT molecular complexity index is 910. The molecule has 22 heavy (non-hydrogen) atoms. The second-order valence-corrected chi connectivity index (χ2v) is 6.57. The SMILES string of the molecule is CNc1nc2ccc(NSc3cc4ccccn4n3)cc2s1. The molecule has 7 heteroatoms. The molecule has 1 aromatic carbocycles. The highest BCUT2D eigenvalue weighted by molar-refractivity contribution is 8.00. The monoisotopic (exact) mass is 327 g/mol. The van der Waals surface area contributed by atoms with E-state index in [1.165, 1.54) is 11.9 Å². The largest absolute Gasteiger partial charge is 0.365 e. The van der Waals surface area contributed by atoms with Gasteiger partial charge in [0.05, 0.1) is 15.7 Å². The van der Waals surface area contributed by atoms with E-state index in [1.807, 2.05) is 48.1 Å². The lowest BCUT2D eigenvalue weighted by atomic mass is 10.3. The molecule has 0 radical (unpaired) electrons. The van der Waals surface area contributed by atoms with Gasteiger partial charge < -0.3 is 10.0 Å². The average Bonchev–Trinajstić information content (AvgIpc) is 3.15. The van der Waals surface area contributed by atoms with Crippen LogP contribution in [0.15, 0.2) is 53.7 Å². The highest BCUT2D eigenvalue weighted by Gasteiger charge is 2.05. The predicted octanol–water partition coefficient (Wildman–Crippen LogP) is 4.10. The molecule has 2 N–H and O–H groups in total. The van der Waals surface area contributed by atoms with Crippen LogP contribution in [0.1, 0.15) is 0 Å². The Kier molecular flexibility index (Phi) is 3.36. The molecule has 0 aliphatic carbocycles. The lowest BCUT2D eigenvalue weighted by Gasteiger charge is -2.02. The molecule has 0 saturated heterocycles. The van der Waals surface area contributed by atoms with E-state index in [4.69, 9.17) is 0 Å². The highest BCUT2D eigenvalue weighted by atomic mass is 32.2. The van der Waals surface area contributed by atoms with Gasteiger partial charge in [0.1, 0.15) is 5.03 Å². The summed E-state index contributed by atoms with van der Waals surface area (Å²) in [6, 6.07) is 14.2. The molecular formula is C15H13N5S2. The first kappa shape index (κ1) is 13.4. The summed E-state index contributed by atoms with van der Waals surface area (Å²) >= 11 is 3.15. The van der Waals surface area contributed by atoms with Gasteiger partial charge in [0.2, 0.25) is 0 Å². The maximum absolute atomic E-state index is 4.50. The van der Waals surface area contributed by atoms with Crippen molar-refractivity contribution in [1.29, 1.82) is 0 Å². The average molecular weight is 327 g/mol. The minimum absolute atomic E-state index is 0.931. The van der Waals surface area contributed by atoms with Gasteiger partial charge in [-0.1, -0.05) is 17.4 Å². The summed E-state index contributed by atoms with van der Waals surface area (Å²) in [6.07, 6.45) is 1.95. The summed E-state index contributed by atoms with van der Waals surface area (Å²) < 4.78 is 6.37. The number of hydrogen-bond acceptors (Lipinski definition) is 6. The zero-order valence-corrected chi connectivity index (χ0v) is 13.4. The lowest BCUT2D eigenvalue weighted by molar-refractivity contribution is 0.902. The Balaban J connectivity index is 1.55. The molecule has 0 fully saturated rings. The number of nitrogens with zero attached hydrogens (tertiary/aromatic N) is 3. The van der Waals surface area contributed by atoms with Gasteiger partial charge in [0.25, 0.3) is 0 Å². The van der Waals surface area contributed by atoms with E-state index in [2.05, 4.69) is 32.3 Å². The summed E-state index contributed by atoms with van der Waals surface area (Å²) in [5, 5.41) is 9.45. The van der Waals surface area contributed by atoms with E-state index >= 15 is 0 Å². The fourth-order valence-corrected chi connectivity index (χ4v) is 3.69. The van der Waals surface area contributed by atoms with Crippen LogP contribution in [0, 0.1) is 0 Å². The van der Waals surface area contributed by atoms with Gasteiger partial charge in [-0.2, -0.15) is 5.10 Å². The van der Waals surface area contributed by atoms with E-state index in [0.29, 0.717) is 0 Å². The minimum atomic E-state index is 0.931. The van der Waals surface area contributed by atoms with Crippen LogP contribution in [0.5, 0.6) is 0 Å². The fourth-order valence-electron chi connectivity index (χ4n) is 2.17. The van der Waals surface area contributed by atoms with Gasteiger partial charge in [-0.05, 0) is 36.4 Å². The Hall–Kier alpha value is -2.25. The third-order valence-corrected chi connectivity index (χ3v) is 5.01. The summed E-state index contributed by atoms with van der Waals surface area (Å²) in [5.74, 6) is 0. The number of fused-ring (bicyclic) bond motifs is 2. The van der Waals surface area contributed by atoms with Crippen molar-refractivity contribution in [3.63, 3.8) is 0 Å². The van der Waals surface area contributed by atoms with Gasteiger partial charge in [-0.3, -0.25) is 0 Å². The molecule has 110 valence electrons. The van der Waals surface area contributed by atoms with Crippen LogP contribution in [-0.4, -0.2) is 21.6 Å². The van der Waals surface area contributed by atoms with E-state index in [0.717, 1.165) is 31.6 Å². The second-order valence-electron chi connectivity index (χ2n) is 4.71. The van der Waals surface area contributed by atoms with Gasteiger partial charge in [0.15, 0.2) is 5.13 Å². The van der Waals surface area contributed by atoms with Crippen LogP contribution in [0.25, 0.3) is 15.7 Å². The number of anilines is 2. The second kappa shape index (κ2) is 5.51. The van der Waals surface area contributed by atoms with Gasteiger partial charge in [-0.25, -0.2) is 9.50 Å². The van der Waals surface area contributed by atoms with Crippen LogP contribution in [0.4, 0.5) is 10.8 Å². The molecule has 4 rings (SSSR count). The summed E-state index contributed by atoms with van der Waals surface area (Å²) in [6.45, 7) is 0. The van der Waals surface area contributed by atoms with Crippen LogP contribution >= 0.6 is 23.3 Å². The van der Waals surface area contributed by atoms with Crippen molar-refractivity contribution in [1.82, 2.24) is 14.6 Å². The fraction of sp³-hybridized carbons (Fsp3) is 0.0667. The molecule has 4 aromatic rings. The number of nitrogens with one attached hydrogen (secondary N) is 2. The van der Waals surface area contributed by atoms with Crippen molar-refractivity contribution >= 4 is 49.8 Å². The maximum atomic E-state index is 4.50. The van der Waals surface area contributed by atoms with Gasteiger partial charge in [0, 0.05) is 30.9 Å². The summed E-state index contributed by atoms with van der Waals surface area (Å²) in [5.41, 5.74) is 3.14. The van der Waals surface area contributed by atoms with E-state index in [-0.39, 0.29) is 0 Å². The Morgan fingerprint density at radius 1 is 1.18 bits per heavy atom. The van der Waals surface area contributed by atoms with E-state index in [9.17, 15) is 0 Å². The topological polar surface area (TPSA) is 54.2 Å². The molecule has 0 spiro atoms. The third-order valence-electron chi connectivity index (χ3n) is 3.22. The first-order chi connectivity index (χ1) is 10.8. The molecule has 0 atom stereocenters. The first-order valence-corrected chi connectivity index (χ1v) is 8.41. The van der Waals surface area contributed by atoms with Crippen molar-refractivity contribution in [3.05, 3.63) is 48.7 Å². The Labute approximate surface area is 135 Å². The lowest BCUT2D eigenvalue weighted by Crippen LogP contribution is -1.88. The van der Waals surface area contributed by atoms with Crippen molar-refractivity contribution in [2.75, 3.05) is 17.1 Å². The smallest absolute Gasteiger partial charge is 0.183 e. The number of aromatic nitrogens is 3. The minimum Gasteiger partial charge on any atom is -0.365 e. The third kappa shape index (κ3) is 2.49. The molecule has 3 aromatic heterocycles. The first-order valence-electron chi connectivity index (χ1n) is 6.77. The normalized spacial score (nSPS) is 11.1. The Morgan fingerprint density at radius 2 is 2.14 bits per heavy atom. The standard InChI is InChI=1S/C15H13N5S2/c1-16-15-17-12-6-5-10(8-13(12)21-15)19-22-14-9-11-4-2-3-7-20(11)18-14/h2-9,19H,1H3,(H,16,17). The van der Waals surface area contributed by atoms with Crippen molar-refractivity contribution in [2.24, 2.45) is 0 Å². The number of rotatable bonds is 4. The van der Waals surface area contributed by atoms with Crippen molar-refractivity contribution < 1.29 is 0 Å². The molecule has 3 heterocycles. The number of benzene rings is 1. The highest BCUT2D eigenvalue weighted by Crippen LogP contribution is 2.29. The summed E-state index contributed by atoms with van der Waals surface area (Å²) in [4.78, 5) is 4.48. The zero-order chi connectivity index (χ0) is 14.9. The molecule has 0 unspecified atom stereocenters. The number of hydrogen-bond donors (Lipinski definition) is 2. The molecule has 0 aliphatic heterocycles. The van der Waals surface area contributed by atoms with Crippen molar-refractivity contribution in [2.45, 2.75) is 5.03 Å². The van der Waals surface area contributed by atoms with E-state index < -0.39 is 0 Å². The van der Waals surface area contributed by atoms with Gasteiger partial charge in [-0.15, -0.1) is 0 Å².